The lowest BCUT2D eigenvalue weighted by atomic mass is 10.1. The Bertz CT molecular complexity index is 671. The van der Waals surface area contributed by atoms with E-state index in [1.54, 1.807) is 18.2 Å². The summed E-state index contributed by atoms with van der Waals surface area (Å²) in [4.78, 5) is 11.9. The summed E-state index contributed by atoms with van der Waals surface area (Å²) in [6.45, 7) is 0. The van der Waals surface area contributed by atoms with Crippen LogP contribution in [-0.2, 0) is 0 Å². The molecule has 0 saturated heterocycles. The number of hydrogen-bond donors (Lipinski definition) is 2. The lowest BCUT2D eigenvalue weighted by molar-refractivity contribution is 0.102. The molecule has 2 aromatic carbocycles. The van der Waals surface area contributed by atoms with Crippen LogP contribution in [0.1, 0.15) is 10.4 Å². The zero-order valence-corrected chi connectivity index (χ0v) is 12.2. The van der Waals surface area contributed by atoms with Crippen molar-refractivity contribution in [2.45, 2.75) is 0 Å². The topological polar surface area (TPSA) is 55.1 Å². The third-order valence-electron chi connectivity index (χ3n) is 2.54. The molecule has 0 aliphatic carbocycles. The molecule has 2 aromatic rings. The van der Waals surface area contributed by atoms with E-state index in [4.69, 9.17) is 17.3 Å². The van der Waals surface area contributed by atoms with E-state index < -0.39 is 23.2 Å². The quantitative estimate of drug-likeness (QED) is 0.787. The normalized spacial score (nSPS) is 10.4. The van der Waals surface area contributed by atoms with Crippen molar-refractivity contribution in [1.29, 1.82) is 0 Å². The molecular weight excluding hydrogens is 354 g/mol. The smallest absolute Gasteiger partial charge is 0.255 e. The number of nitrogen functional groups attached to an aromatic ring is 1. The van der Waals surface area contributed by atoms with Crippen molar-refractivity contribution in [3.63, 3.8) is 0 Å². The second-order valence-corrected chi connectivity index (χ2v) is 5.11. The first-order valence-corrected chi connectivity index (χ1v) is 6.57. The van der Waals surface area contributed by atoms with Gasteiger partial charge >= 0.3 is 0 Å². The van der Waals surface area contributed by atoms with E-state index >= 15 is 0 Å². The monoisotopic (exact) mass is 360 g/mol. The average molecular weight is 362 g/mol. The molecule has 0 fully saturated rings. The highest BCUT2D eigenvalue weighted by Gasteiger charge is 2.14. The van der Waals surface area contributed by atoms with Gasteiger partial charge in [0.25, 0.3) is 5.91 Å². The molecule has 104 valence electrons. The largest absolute Gasteiger partial charge is 0.394 e. The second-order valence-electron chi connectivity index (χ2n) is 3.91. The summed E-state index contributed by atoms with van der Waals surface area (Å²) in [5.74, 6) is -2.65. The van der Waals surface area contributed by atoms with Crippen LogP contribution in [0.2, 0.25) is 5.02 Å². The van der Waals surface area contributed by atoms with Gasteiger partial charge in [-0.15, -0.1) is 0 Å². The number of rotatable bonds is 2. The Labute approximate surface area is 126 Å². The SMILES string of the molecule is Nc1c(F)cc(C(=O)Nc2cccc(Cl)c2Br)cc1F. The van der Waals surface area contributed by atoms with Crippen molar-refractivity contribution >= 4 is 44.8 Å². The molecule has 0 saturated carbocycles. The van der Waals surface area contributed by atoms with Crippen molar-refractivity contribution in [3.05, 3.63) is 57.0 Å². The summed E-state index contributed by atoms with van der Waals surface area (Å²) in [5.41, 5.74) is 4.73. The summed E-state index contributed by atoms with van der Waals surface area (Å²) >= 11 is 9.09. The summed E-state index contributed by atoms with van der Waals surface area (Å²) in [7, 11) is 0. The van der Waals surface area contributed by atoms with E-state index in [-0.39, 0.29) is 5.56 Å². The summed E-state index contributed by atoms with van der Waals surface area (Å²) < 4.78 is 27.1. The van der Waals surface area contributed by atoms with E-state index in [0.29, 0.717) is 15.2 Å². The Morgan fingerprint density at radius 3 is 2.45 bits per heavy atom. The Balaban J connectivity index is 2.31. The number of benzene rings is 2. The van der Waals surface area contributed by atoms with Gasteiger partial charge in [-0.05, 0) is 40.2 Å². The maximum Gasteiger partial charge on any atom is 0.255 e. The minimum Gasteiger partial charge on any atom is -0.394 e. The van der Waals surface area contributed by atoms with Crippen LogP contribution in [0.3, 0.4) is 0 Å². The predicted molar refractivity (Wildman–Crippen MR) is 77.9 cm³/mol. The van der Waals surface area contributed by atoms with Gasteiger partial charge in [-0.1, -0.05) is 17.7 Å². The minimum absolute atomic E-state index is 0.180. The van der Waals surface area contributed by atoms with Gasteiger partial charge in [-0.25, -0.2) is 8.78 Å². The first kappa shape index (κ1) is 14.7. The molecule has 0 unspecified atom stereocenters. The van der Waals surface area contributed by atoms with Crippen molar-refractivity contribution in [2.24, 2.45) is 0 Å². The van der Waals surface area contributed by atoms with Crippen LogP contribution >= 0.6 is 27.5 Å². The highest BCUT2D eigenvalue weighted by Crippen LogP contribution is 2.30. The molecule has 0 spiro atoms. The van der Waals surface area contributed by atoms with Crippen LogP contribution in [0.15, 0.2) is 34.8 Å². The molecule has 0 aliphatic heterocycles. The second kappa shape index (κ2) is 5.76. The number of halogens is 4. The van der Waals surface area contributed by atoms with Crippen LogP contribution in [-0.4, -0.2) is 5.91 Å². The molecule has 0 bridgehead atoms. The highest BCUT2D eigenvalue weighted by atomic mass is 79.9. The van der Waals surface area contributed by atoms with Crippen molar-refractivity contribution in [2.75, 3.05) is 11.1 Å². The van der Waals surface area contributed by atoms with Crippen molar-refractivity contribution in [3.8, 4) is 0 Å². The minimum atomic E-state index is -0.986. The van der Waals surface area contributed by atoms with Crippen LogP contribution in [0, 0.1) is 11.6 Å². The fourth-order valence-corrected chi connectivity index (χ4v) is 2.05. The summed E-state index contributed by atoms with van der Waals surface area (Å²) in [6.07, 6.45) is 0. The molecule has 0 aromatic heterocycles. The standard InChI is InChI=1S/C13H8BrClF2N2O/c14-11-7(15)2-1-3-10(11)19-13(20)6-4-8(16)12(18)9(17)5-6/h1-5H,18H2,(H,19,20). The maximum atomic E-state index is 13.3. The molecular formula is C13H8BrClF2N2O. The molecule has 2 rings (SSSR count). The van der Waals surface area contributed by atoms with Crippen molar-refractivity contribution < 1.29 is 13.6 Å². The van der Waals surface area contributed by atoms with Crippen LogP contribution < -0.4 is 11.1 Å². The first-order valence-electron chi connectivity index (χ1n) is 5.40. The van der Waals surface area contributed by atoms with Gasteiger partial charge in [-0.3, -0.25) is 4.79 Å². The van der Waals surface area contributed by atoms with Gasteiger partial charge in [0.15, 0.2) is 0 Å². The van der Waals surface area contributed by atoms with Crippen LogP contribution in [0.4, 0.5) is 20.2 Å². The molecule has 7 heteroatoms. The van der Waals surface area contributed by atoms with Gasteiger partial charge in [-0.2, -0.15) is 0 Å². The van der Waals surface area contributed by atoms with Gasteiger partial charge in [0.1, 0.15) is 17.3 Å². The molecule has 0 radical (unpaired) electrons. The molecule has 0 heterocycles. The van der Waals surface area contributed by atoms with E-state index in [2.05, 4.69) is 21.2 Å². The van der Waals surface area contributed by atoms with Gasteiger partial charge < -0.3 is 11.1 Å². The first-order chi connectivity index (χ1) is 9.40. The third kappa shape index (κ3) is 2.91. The Hall–Kier alpha value is -1.66. The predicted octanol–water partition coefficient (Wildman–Crippen LogP) is 4.22. The van der Waals surface area contributed by atoms with E-state index in [9.17, 15) is 13.6 Å². The van der Waals surface area contributed by atoms with Gasteiger partial charge in [0, 0.05) is 5.56 Å². The van der Waals surface area contributed by atoms with E-state index in [1.807, 2.05) is 0 Å². The molecule has 0 atom stereocenters. The molecule has 20 heavy (non-hydrogen) atoms. The fourth-order valence-electron chi connectivity index (χ4n) is 1.51. The zero-order chi connectivity index (χ0) is 14.9. The number of carbonyl (C=O) groups excluding carboxylic acids is 1. The number of carbonyl (C=O) groups is 1. The number of nitrogens with one attached hydrogen (secondary N) is 1. The fraction of sp³-hybridized carbons (Fsp3) is 0. The van der Waals surface area contributed by atoms with E-state index in [1.165, 1.54) is 0 Å². The lowest BCUT2D eigenvalue weighted by Crippen LogP contribution is -2.13. The number of amides is 1. The molecule has 3 N–H and O–H groups in total. The third-order valence-corrected chi connectivity index (χ3v) is 3.94. The lowest BCUT2D eigenvalue weighted by Gasteiger charge is -2.09. The van der Waals surface area contributed by atoms with E-state index in [0.717, 1.165) is 12.1 Å². The van der Waals surface area contributed by atoms with Crippen LogP contribution in [0.5, 0.6) is 0 Å². The molecule has 0 aliphatic rings. The zero-order valence-electron chi connectivity index (χ0n) is 9.88. The summed E-state index contributed by atoms with van der Waals surface area (Å²) in [5, 5.41) is 2.90. The number of nitrogens with two attached hydrogens (primary N) is 1. The molecule has 3 nitrogen and oxygen atoms in total. The Kier molecular flexibility index (Phi) is 4.25. The average Bonchev–Trinajstić information content (AvgIpc) is 2.40. The van der Waals surface area contributed by atoms with Gasteiger partial charge in [0.05, 0.1) is 15.2 Å². The maximum absolute atomic E-state index is 13.3. The van der Waals surface area contributed by atoms with Crippen LogP contribution in [0.25, 0.3) is 0 Å². The Morgan fingerprint density at radius 1 is 1.25 bits per heavy atom. The highest BCUT2D eigenvalue weighted by molar-refractivity contribution is 9.10. The number of anilines is 2. The summed E-state index contributed by atoms with van der Waals surface area (Å²) in [6, 6.07) is 6.59. The van der Waals surface area contributed by atoms with Gasteiger partial charge in [0.2, 0.25) is 0 Å². The molecule has 1 amide bonds. The Morgan fingerprint density at radius 2 is 1.85 bits per heavy atom. The van der Waals surface area contributed by atoms with Crippen molar-refractivity contribution in [1.82, 2.24) is 0 Å². The number of hydrogen-bond acceptors (Lipinski definition) is 2.